The van der Waals surface area contributed by atoms with Crippen molar-refractivity contribution in [3.05, 3.63) is 71.8 Å². The van der Waals surface area contributed by atoms with Crippen molar-refractivity contribution in [2.75, 3.05) is 26.2 Å². The number of carbonyl (C=O) groups excluding carboxylic acids is 3. The third-order valence-electron chi connectivity index (χ3n) is 7.44. The molecule has 2 fully saturated rings. The first-order chi connectivity index (χ1) is 17.8. The van der Waals surface area contributed by atoms with Gasteiger partial charge in [-0.3, -0.25) is 14.4 Å². The minimum Gasteiger partial charge on any atom is -0.366 e. The van der Waals surface area contributed by atoms with Gasteiger partial charge in [0.2, 0.25) is 5.91 Å². The van der Waals surface area contributed by atoms with Crippen LogP contribution in [0, 0.1) is 5.41 Å². The number of hydrogen-bond donors (Lipinski definition) is 2. The fraction of sp³-hybridized carbons (Fsp3) is 0.500. The number of ketones is 1. The van der Waals surface area contributed by atoms with Crippen LogP contribution >= 0.6 is 0 Å². The lowest BCUT2D eigenvalue weighted by Crippen LogP contribution is -2.55. The first-order valence-electron chi connectivity index (χ1n) is 13.4. The summed E-state index contributed by atoms with van der Waals surface area (Å²) >= 11 is 0. The number of nitrogens with one attached hydrogen (secondary N) is 2. The smallest absolute Gasteiger partial charge is 0.251 e. The molecule has 0 spiro atoms. The van der Waals surface area contributed by atoms with Gasteiger partial charge in [0, 0.05) is 12.1 Å². The van der Waals surface area contributed by atoms with Crippen molar-refractivity contribution in [1.82, 2.24) is 15.5 Å². The number of aryl methyl sites for hydroxylation is 1. The molecular formula is C30H39N3O4. The van der Waals surface area contributed by atoms with Gasteiger partial charge in [0.15, 0.2) is 5.78 Å². The van der Waals surface area contributed by atoms with E-state index in [4.69, 9.17) is 4.74 Å². The summed E-state index contributed by atoms with van der Waals surface area (Å²) in [5, 5.41) is 5.90. The maximum absolute atomic E-state index is 13.6. The summed E-state index contributed by atoms with van der Waals surface area (Å²) in [7, 11) is 0. The molecule has 7 heteroatoms. The van der Waals surface area contributed by atoms with Gasteiger partial charge in [0.05, 0.1) is 6.10 Å². The number of Topliss-reactive ketones (excluding diaryl/α,β-unsaturated/α-hetero) is 1. The molecule has 2 saturated heterocycles. The van der Waals surface area contributed by atoms with Gasteiger partial charge < -0.3 is 20.3 Å². The van der Waals surface area contributed by atoms with Crippen LogP contribution < -0.4 is 10.6 Å². The van der Waals surface area contributed by atoms with Gasteiger partial charge in [0.25, 0.3) is 5.91 Å². The minimum atomic E-state index is -0.778. The van der Waals surface area contributed by atoms with Crippen LogP contribution in [0.25, 0.3) is 0 Å². The molecule has 2 N–H and O–H groups in total. The molecule has 0 aromatic heterocycles. The van der Waals surface area contributed by atoms with Gasteiger partial charge >= 0.3 is 0 Å². The van der Waals surface area contributed by atoms with Crippen molar-refractivity contribution in [2.24, 2.45) is 5.41 Å². The van der Waals surface area contributed by atoms with E-state index in [1.807, 2.05) is 24.3 Å². The average molecular weight is 506 g/mol. The summed E-state index contributed by atoms with van der Waals surface area (Å²) in [4.78, 5) is 41.6. The molecule has 37 heavy (non-hydrogen) atoms. The lowest BCUT2D eigenvalue weighted by Gasteiger charge is -2.31. The van der Waals surface area contributed by atoms with Crippen LogP contribution in [0.15, 0.2) is 60.7 Å². The molecule has 0 aliphatic carbocycles. The second-order valence-corrected chi connectivity index (χ2v) is 11.1. The fourth-order valence-corrected chi connectivity index (χ4v) is 5.21. The minimum absolute atomic E-state index is 0.00701. The Morgan fingerprint density at radius 3 is 2.35 bits per heavy atom. The number of benzene rings is 2. The van der Waals surface area contributed by atoms with E-state index in [0.717, 1.165) is 38.8 Å². The summed E-state index contributed by atoms with van der Waals surface area (Å²) in [6.07, 6.45) is 4.09. The van der Waals surface area contributed by atoms with Crippen molar-refractivity contribution < 1.29 is 19.1 Å². The number of nitrogens with zero attached hydrogens (tertiary/aromatic N) is 1. The van der Waals surface area contributed by atoms with Gasteiger partial charge in [-0.1, -0.05) is 62.4 Å². The molecule has 2 amide bonds. The zero-order valence-corrected chi connectivity index (χ0v) is 21.9. The van der Waals surface area contributed by atoms with Crippen molar-refractivity contribution in [3.8, 4) is 0 Å². The molecule has 2 heterocycles. The normalized spacial score (nSPS) is 21.1. The first kappa shape index (κ1) is 27.0. The Morgan fingerprint density at radius 1 is 1.03 bits per heavy atom. The molecule has 2 aromatic rings. The van der Waals surface area contributed by atoms with Gasteiger partial charge in [-0.25, -0.2) is 0 Å². The van der Waals surface area contributed by atoms with E-state index >= 15 is 0 Å². The largest absolute Gasteiger partial charge is 0.366 e. The van der Waals surface area contributed by atoms with Crippen LogP contribution in [0.1, 0.15) is 55.5 Å². The number of hydrogen-bond acceptors (Lipinski definition) is 5. The zero-order chi connectivity index (χ0) is 26.3. The Balaban J connectivity index is 1.45. The third-order valence-corrected chi connectivity index (χ3v) is 7.44. The number of carbonyl (C=O) groups is 3. The number of rotatable bonds is 11. The SMILES string of the molecule is CC(C)(CCc1ccccc1)CC(NC(=O)c1ccccc1)C(=O)NC1C(=O)CO[C@H]1CN1CCCC1. The molecule has 4 rings (SSSR count). The van der Waals surface area contributed by atoms with Crippen LogP contribution in [-0.4, -0.2) is 66.9 Å². The zero-order valence-electron chi connectivity index (χ0n) is 21.9. The summed E-state index contributed by atoms with van der Waals surface area (Å²) < 4.78 is 5.77. The quantitative estimate of drug-likeness (QED) is 0.489. The van der Waals surface area contributed by atoms with Gasteiger partial charge in [-0.05, 0) is 68.3 Å². The molecule has 0 radical (unpaired) electrons. The topological polar surface area (TPSA) is 87.7 Å². The van der Waals surface area contributed by atoms with E-state index < -0.39 is 12.1 Å². The van der Waals surface area contributed by atoms with E-state index in [0.29, 0.717) is 18.5 Å². The standard InChI is InChI=1S/C30H39N3O4/c1-30(2,16-15-22-11-5-3-6-12-22)19-24(31-28(35)23-13-7-4-8-14-23)29(36)32-27-25(34)21-37-26(27)20-33-17-9-10-18-33/h3-8,11-14,24,26-27H,9-10,15-21H2,1-2H3,(H,31,35)(H,32,36)/t24?,26-,27?/m0/s1. The van der Waals surface area contributed by atoms with Crippen LogP contribution in [0.4, 0.5) is 0 Å². The van der Waals surface area contributed by atoms with E-state index in [-0.39, 0.29) is 35.7 Å². The van der Waals surface area contributed by atoms with Gasteiger partial charge in [0.1, 0.15) is 18.7 Å². The molecule has 198 valence electrons. The summed E-state index contributed by atoms with van der Waals surface area (Å²) in [5.41, 5.74) is 1.50. The Hall–Kier alpha value is -3.03. The molecule has 0 saturated carbocycles. The summed E-state index contributed by atoms with van der Waals surface area (Å²) in [6, 6.07) is 17.7. The Morgan fingerprint density at radius 2 is 1.68 bits per heavy atom. The van der Waals surface area contributed by atoms with Crippen LogP contribution in [0.2, 0.25) is 0 Å². The molecule has 2 aliphatic heterocycles. The molecule has 2 aromatic carbocycles. The maximum atomic E-state index is 13.6. The van der Waals surface area contributed by atoms with Gasteiger partial charge in [-0.2, -0.15) is 0 Å². The molecule has 2 unspecified atom stereocenters. The van der Waals surface area contributed by atoms with E-state index in [1.165, 1.54) is 5.56 Å². The van der Waals surface area contributed by atoms with Crippen molar-refractivity contribution in [1.29, 1.82) is 0 Å². The average Bonchev–Trinajstić information content (AvgIpc) is 3.54. The molecule has 3 atom stereocenters. The third kappa shape index (κ3) is 7.73. The predicted molar refractivity (Wildman–Crippen MR) is 143 cm³/mol. The summed E-state index contributed by atoms with van der Waals surface area (Å²) in [6.45, 7) is 6.84. The van der Waals surface area contributed by atoms with Crippen molar-refractivity contribution in [3.63, 3.8) is 0 Å². The number of amides is 2. The van der Waals surface area contributed by atoms with E-state index in [1.54, 1.807) is 24.3 Å². The van der Waals surface area contributed by atoms with Crippen LogP contribution in [0.5, 0.6) is 0 Å². The lowest BCUT2D eigenvalue weighted by molar-refractivity contribution is -0.128. The van der Waals surface area contributed by atoms with Crippen LogP contribution in [-0.2, 0) is 20.7 Å². The second kappa shape index (κ2) is 12.5. The fourth-order valence-electron chi connectivity index (χ4n) is 5.21. The highest BCUT2D eigenvalue weighted by atomic mass is 16.5. The van der Waals surface area contributed by atoms with E-state index in [9.17, 15) is 14.4 Å². The molecular weight excluding hydrogens is 466 g/mol. The summed E-state index contributed by atoms with van der Waals surface area (Å²) in [5.74, 6) is -0.761. The highest BCUT2D eigenvalue weighted by molar-refractivity contribution is 5.99. The Kier molecular flexibility index (Phi) is 9.11. The molecule has 2 aliphatic rings. The Bertz CT molecular complexity index is 1050. The predicted octanol–water partition coefficient (Wildman–Crippen LogP) is 3.38. The second-order valence-electron chi connectivity index (χ2n) is 11.1. The lowest BCUT2D eigenvalue weighted by atomic mass is 9.80. The van der Waals surface area contributed by atoms with Crippen LogP contribution in [0.3, 0.4) is 0 Å². The van der Waals surface area contributed by atoms with Crippen molar-refractivity contribution in [2.45, 2.75) is 64.1 Å². The highest BCUT2D eigenvalue weighted by Gasteiger charge is 2.40. The van der Waals surface area contributed by atoms with Crippen molar-refractivity contribution >= 4 is 17.6 Å². The Labute approximate surface area is 220 Å². The number of ether oxygens (including phenoxy) is 1. The maximum Gasteiger partial charge on any atom is 0.251 e. The van der Waals surface area contributed by atoms with Gasteiger partial charge in [-0.15, -0.1) is 0 Å². The monoisotopic (exact) mass is 505 g/mol. The molecule has 0 bridgehead atoms. The molecule has 7 nitrogen and oxygen atoms in total. The first-order valence-corrected chi connectivity index (χ1v) is 13.4. The van der Waals surface area contributed by atoms with E-state index in [2.05, 4.69) is 41.5 Å². The highest BCUT2D eigenvalue weighted by Crippen LogP contribution is 2.29. The number of likely N-dealkylation sites (tertiary alicyclic amines) is 1.